The molecule has 0 saturated carbocycles. The Hall–Kier alpha value is -0.850. The van der Waals surface area contributed by atoms with Crippen LogP contribution in [-0.4, -0.2) is 6.54 Å². The zero-order chi connectivity index (χ0) is 11.3. The third kappa shape index (κ3) is 3.33. The first-order valence-corrected chi connectivity index (χ1v) is 5.62. The van der Waals surface area contributed by atoms with Crippen molar-refractivity contribution in [3.63, 3.8) is 0 Å². The molecule has 1 unspecified atom stereocenters. The summed E-state index contributed by atoms with van der Waals surface area (Å²) in [6.07, 6.45) is 6.44. The van der Waals surface area contributed by atoms with Crippen LogP contribution < -0.4 is 5.32 Å². The third-order valence-electron chi connectivity index (χ3n) is 2.04. The number of terminal acetylenes is 1. The summed E-state index contributed by atoms with van der Waals surface area (Å²) in [6.45, 7) is 2.92. The van der Waals surface area contributed by atoms with E-state index in [0.717, 1.165) is 18.5 Å². The maximum atomic E-state index is 12.9. The molecule has 0 saturated heterocycles. The number of nitrogens with one attached hydrogen (secondary N) is 1. The number of benzene rings is 1. The van der Waals surface area contributed by atoms with Crippen LogP contribution in [0.5, 0.6) is 0 Å². The van der Waals surface area contributed by atoms with Crippen molar-refractivity contribution in [1.29, 1.82) is 0 Å². The van der Waals surface area contributed by atoms with Crippen molar-refractivity contribution in [2.45, 2.75) is 19.4 Å². The van der Waals surface area contributed by atoms with E-state index < -0.39 is 0 Å². The van der Waals surface area contributed by atoms with Gasteiger partial charge in [0, 0.05) is 4.47 Å². The van der Waals surface area contributed by atoms with Crippen molar-refractivity contribution in [2.75, 3.05) is 6.54 Å². The topological polar surface area (TPSA) is 12.0 Å². The average Bonchev–Trinajstić information content (AvgIpc) is 2.21. The maximum Gasteiger partial charge on any atom is 0.124 e. The van der Waals surface area contributed by atoms with E-state index in [-0.39, 0.29) is 11.9 Å². The van der Waals surface area contributed by atoms with Gasteiger partial charge in [0.25, 0.3) is 0 Å². The Morgan fingerprint density at radius 3 is 2.87 bits per heavy atom. The molecule has 0 aromatic heterocycles. The first-order valence-electron chi connectivity index (χ1n) is 4.83. The van der Waals surface area contributed by atoms with Gasteiger partial charge in [0.2, 0.25) is 0 Å². The molecule has 3 heteroatoms. The first-order chi connectivity index (χ1) is 7.19. The van der Waals surface area contributed by atoms with Crippen LogP contribution in [0.25, 0.3) is 0 Å². The van der Waals surface area contributed by atoms with Gasteiger partial charge < -0.3 is 0 Å². The Balaban J connectivity index is 2.88. The molecule has 80 valence electrons. The quantitative estimate of drug-likeness (QED) is 0.828. The van der Waals surface area contributed by atoms with E-state index in [1.807, 2.05) is 0 Å². The highest BCUT2D eigenvalue weighted by Gasteiger charge is 2.11. The molecule has 0 aliphatic carbocycles. The molecular formula is C12H13BrFN. The molecule has 0 aliphatic heterocycles. The Bertz CT molecular complexity index is 370. The fourth-order valence-corrected chi connectivity index (χ4v) is 1.86. The van der Waals surface area contributed by atoms with Crippen molar-refractivity contribution >= 4 is 15.9 Å². The molecule has 1 nitrogen and oxygen atoms in total. The molecule has 0 radical (unpaired) electrons. The smallest absolute Gasteiger partial charge is 0.124 e. The Kier molecular flexibility index (Phi) is 4.80. The second-order valence-corrected chi connectivity index (χ2v) is 4.07. The van der Waals surface area contributed by atoms with Crippen LogP contribution in [0.3, 0.4) is 0 Å². The van der Waals surface area contributed by atoms with Crippen molar-refractivity contribution in [3.05, 3.63) is 34.1 Å². The molecule has 0 spiro atoms. The average molecular weight is 270 g/mol. The van der Waals surface area contributed by atoms with Crippen LogP contribution in [0, 0.1) is 18.2 Å². The maximum absolute atomic E-state index is 12.9. The molecule has 0 aliphatic rings. The predicted octanol–water partition coefficient (Wildman–Crippen LogP) is 3.26. The van der Waals surface area contributed by atoms with Gasteiger partial charge >= 0.3 is 0 Å². The summed E-state index contributed by atoms with van der Waals surface area (Å²) in [5.41, 5.74) is 0.896. The van der Waals surface area contributed by atoms with Crippen molar-refractivity contribution in [1.82, 2.24) is 5.32 Å². The van der Waals surface area contributed by atoms with Gasteiger partial charge in [-0.3, -0.25) is 5.32 Å². The van der Waals surface area contributed by atoms with Crippen LogP contribution in [0.4, 0.5) is 4.39 Å². The number of halogens is 2. The highest BCUT2D eigenvalue weighted by atomic mass is 79.9. The molecule has 1 aromatic rings. The van der Waals surface area contributed by atoms with Gasteiger partial charge in [-0.25, -0.2) is 4.39 Å². The van der Waals surface area contributed by atoms with E-state index in [1.54, 1.807) is 6.07 Å². The molecule has 0 heterocycles. The van der Waals surface area contributed by atoms with Crippen molar-refractivity contribution < 1.29 is 4.39 Å². The molecule has 1 atom stereocenters. The summed E-state index contributed by atoms with van der Waals surface area (Å²) in [6, 6.07) is 4.37. The molecule has 0 fully saturated rings. The van der Waals surface area contributed by atoms with Gasteiger partial charge in [0.15, 0.2) is 0 Å². The van der Waals surface area contributed by atoms with Crippen LogP contribution >= 0.6 is 15.9 Å². The molecule has 0 amide bonds. The minimum atomic E-state index is -0.267. The monoisotopic (exact) mass is 269 g/mol. The van der Waals surface area contributed by atoms with E-state index >= 15 is 0 Å². The van der Waals surface area contributed by atoms with E-state index in [2.05, 4.69) is 34.1 Å². The zero-order valence-electron chi connectivity index (χ0n) is 8.56. The largest absolute Gasteiger partial charge is 0.300 e. The summed E-state index contributed by atoms with van der Waals surface area (Å²) in [5, 5.41) is 3.21. The lowest BCUT2D eigenvalue weighted by atomic mass is 10.1. The number of hydrogen-bond donors (Lipinski definition) is 1. The summed E-state index contributed by atoms with van der Waals surface area (Å²) in [7, 11) is 0. The molecule has 1 rings (SSSR count). The molecular weight excluding hydrogens is 257 g/mol. The SMILES string of the molecule is C#CC(NCCC)c1ccc(F)cc1Br. The van der Waals surface area contributed by atoms with E-state index in [1.165, 1.54) is 12.1 Å². The van der Waals surface area contributed by atoms with Crippen LogP contribution in [0.15, 0.2) is 22.7 Å². The zero-order valence-corrected chi connectivity index (χ0v) is 10.1. The first kappa shape index (κ1) is 12.2. The van der Waals surface area contributed by atoms with Gasteiger partial charge in [-0.15, -0.1) is 6.42 Å². The van der Waals surface area contributed by atoms with Crippen LogP contribution in [0.2, 0.25) is 0 Å². The number of rotatable bonds is 4. The fraction of sp³-hybridized carbons (Fsp3) is 0.333. The summed E-state index contributed by atoms with van der Waals surface area (Å²) in [4.78, 5) is 0. The predicted molar refractivity (Wildman–Crippen MR) is 64.0 cm³/mol. The normalized spacial score (nSPS) is 12.1. The standard InChI is InChI=1S/C12H13BrFN/c1-3-7-15-12(4-2)10-6-5-9(14)8-11(10)13/h2,5-6,8,12,15H,3,7H2,1H3. The van der Waals surface area contributed by atoms with E-state index in [0.29, 0.717) is 4.47 Å². The van der Waals surface area contributed by atoms with Gasteiger partial charge in [-0.2, -0.15) is 0 Å². The molecule has 1 N–H and O–H groups in total. The molecule has 1 aromatic carbocycles. The van der Waals surface area contributed by atoms with Gasteiger partial charge in [0.05, 0.1) is 6.04 Å². The van der Waals surface area contributed by atoms with E-state index in [4.69, 9.17) is 6.42 Å². The van der Waals surface area contributed by atoms with E-state index in [9.17, 15) is 4.39 Å². The fourth-order valence-electron chi connectivity index (χ4n) is 1.28. The minimum absolute atomic E-state index is 0.167. The van der Waals surface area contributed by atoms with Crippen LogP contribution in [0.1, 0.15) is 24.9 Å². The second kappa shape index (κ2) is 5.89. The second-order valence-electron chi connectivity index (χ2n) is 3.22. The molecule has 0 bridgehead atoms. The lowest BCUT2D eigenvalue weighted by Gasteiger charge is -2.14. The Labute approximate surface area is 98.2 Å². The summed E-state index contributed by atoms with van der Waals surface area (Å²) in [5.74, 6) is 2.38. The van der Waals surface area contributed by atoms with Gasteiger partial charge in [-0.05, 0) is 30.7 Å². The highest BCUT2D eigenvalue weighted by Crippen LogP contribution is 2.23. The number of hydrogen-bond acceptors (Lipinski definition) is 1. The Morgan fingerprint density at radius 1 is 1.60 bits per heavy atom. The van der Waals surface area contributed by atoms with Gasteiger partial charge in [0.1, 0.15) is 5.82 Å². The minimum Gasteiger partial charge on any atom is -0.300 e. The van der Waals surface area contributed by atoms with Crippen molar-refractivity contribution in [2.24, 2.45) is 0 Å². The lowest BCUT2D eigenvalue weighted by Crippen LogP contribution is -2.21. The summed E-state index contributed by atoms with van der Waals surface area (Å²) >= 11 is 3.30. The molecule has 15 heavy (non-hydrogen) atoms. The van der Waals surface area contributed by atoms with Crippen LogP contribution in [-0.2, 0) is 0 Å². The van der Waals surface area contributed by atoms with Gasteiger partial charge in [-0.1, -0.05) is 34.8 Å². The highest BCUT2D eigenvalue weighted by molar-refractivity contribution is 9.10. The summed E-state index contributed by atoms with van der Waals surface area (Å²) < 4.78 is 13.6. The van der Waals surface area contributed by atoms with Crippen molar-refractivity contribution in [3.8, 4) is 12.3 Å². The Morgan fingerprint density at radius 2 is 2.33 bits per heavy atom. The lowest BCUT2D eigenvalue weighted by molar-refractivity contribution is 0.611. The third-order valence-corrected chi connectivity index (χ3v) is 2.73.